The van der Waals surface area contributed by atoms with E-state index in [-0.39, 0.29) is 18.0 Å². The maximum Gasteiger partial charge on any atom is 0.410 e. The lowest BCUT2D eigenvalue weighted by Crippen LogP contribution is -2.35. The van der Waals surface area contributed by atoms with Gasteiger partial charge in [-0.1, -0.05) is 24.3 Å². The van der Waals surface area contributed by atoms with Crippen LogP contribution in [0.5, 0.6) is 0 Å². The van der Waals surface area contributed by atoms with Crippen molar-refractivity contribution in [3.05, 3.63) is 53.2 Å². The Hall–Kier alpha value is -2.89. The molecule has 0 radical (unpaired) electrons. The summed E-state index contributed by atoms with van der Waals surface area (Å²) in [6.45, 7) is 6.66. The molecule has 0 bridgehead atoms. The van der Waals surface area contributed by atoms with Crippen LogP contribution >= 0.6 is 0 Å². The van der Waals surface area contributed by atoms with Crippen molar-refractivity contribution >= 4 is 12.1 Å². The van der Waals surface area contributed by atoms with Crippen LogP contribution in [0.15, 0.2) is 36.5 Å². The number of carbonyl (C=O) groups excluding carboxylic acids is 2. The molecule has 1 aliphatic carbocycles. The molecule has 2 heterocycles. The zero-order valence-corrected chi connectivity index (χ0v) is 18.7. The van der Waals surface area contributed by atoms with Crippen molar-refractivity contribution in [1.82, 2.24) is 9.88 Å². The Labute approximate surface area is 183 Å². The number of nitrogens with zero attached hydrogens (tertiary/aromatic N) is 2. The van der Waals surface area contributed by atoms with Gasteiger partial charge in [-0.2, -0.15) is 0 Å². The van der Waals surface area contributed by atoms with Crippen LogP contribution in [-0.2, 0) is 9.47 Å². The molecule has 0 N–H and O–H groups in total. The smallest absolute Gasteiger partial charge is 0.410 e. The second-order valence-electron chi connectivity index (χ2n) is 9.42. The second kappa shape index (κ2) is 8.33. The summed E-state index contributed by atoms with van der Waals surface area (Å²) in [5.41, 5.74) is 3.96. The first-order valence-corrected chi connectivity index (χ1v) is 10.9. The molecule has 1 saturated carbocycles. The largest absolute Gasteiger partial charge is 0.465 e. The fraction of sp³-hybridized carbons (Fsp3) is 0.480. The summed E-state index contributed by atoms with van der Waals surface area (Å²) >= 11 is 0. The highest BCUT2D eigenvalue weighted by Crippen LogP contribution is 2.44. The Morgan fingerprint density at radius 2 is 1.81 bits per heavy atom. The van der Waals surface area contributed by atoms with E-state index in [9.17, 15) is 9.59 Å². The van der Waals surface area contributed by atoms with E-state index in [1.54, 1.807) is 11.1 Å². The van der Waals surface area contributed by atoms with Gasteiger partial charge in [-0.25, -0.2) is 9.59 Å². The van der Waals surface area contributed by atoms with Crippen molar-refractivity contribution in [2.75, 3.05) is 20.2 Å². The molecule has 2 fully saturated rings. The van der Waals surface area contributed by atoms with Crippen LogP contribution in [0.2, 0.25) is 0 Å². The lowest BCUT2D eigenvalue weighted by atomic mass is 9.92. The van der Waals surface area contributed by atoms with E-state index in [4.69, 9.17) is 14.5 Å². The fourth-order valence-corrected chi connectivity index (χ4v) is 4.21. The Kier molecular flexibility index (Phi) is 5.73. The van der Waals surface area contributed by atoms with E-state index in [1.807, 2.05) is 32.9 Å². The third-order valence-corrected chi connectivity index (χ3v) is 5.87. The summed E-state index contributed by atoms with van der Waals surface area (Å²) in [4.78, 5) is 31.5. The first-order chi connectivity index (χ1) is 14.8. The normalized spacial score (nSPS) is 18.7. The van der Waals surface area contributed by atoms with Gasteiger partial charge in [0.25, 0.3) is 0 Å². The van der Waals surface area contributed by atoms with E-state index in [2.05, 4.69) is 18.2 Å². The summed E-state index contributed by atoms with van der Waals surface area (Å²) in [6.07, 6.45) is 4.61. The number of hydrogen-bond acceptors (Lipinski definition) is 5. The van der Waals surface area contributed by atoms with Crippen LogP contribution in [0.4, 0.5) is 4.79 Å². The minimum atomic E-state index is -0.537. The number of ether oxygens (including phenoxy) is 2. The number of pyridine rings is 1. The SMILES string of the molecule is COC(=O)c1cc(-c2ccccc2C2CC2)ncc1C1CCN(C(=O)OC(C)(C)C)C1. The van der Waals surface area contributed by atoms with Gasteiger partial charge in [0.05, 0.1) is 18.4 Å². The summed E-state index contributed by atoms with van der Waals surface area (Å²) in [5.74, 6) is 0.219. The van der Waals surface area contributed by atoms with Crippen molar-refractivity contribution in [2.45, 2.75) is 57.5 Å². The molecule has 1 aromatic heterocycles. The van der Waals surface area contributed by atoms with Crippen LogP contribution in [0.1, 0.15) is 73.4 Å². The van der Waals surface area contributed by atoms with E-state index < -0.39 is 5.60 Å². The first kappa shape index (κ1) is 21.3. The van der Waals surface area contributed by atoms with Gasteiger partial charge >= 0.3 is 12.1 Å². The molecule has 2 aliphatic rings. The number of likely N-dealkylation sites (tertiary alicyclic amines) is 1. The molecule has 1 saturated heterocycles. The second-order valence-corrected chi connectivity index (χ2v) is 9.42. The number of rotatable bonds is 4. The molecular weight excluding hydrogens is 392 g/mol. The molecule has 1 aliphatic heterocycles. The quantitative estimate of drug-likeness (QED) is 0.639. The maximum atomic E-state index is 12.7. The molecule has 0 spiro atoms. The van der Waals surface area contributed by atoms with Crippen LogP contribution in [-0.4, -0.2) is 47.7 Å². The third kappa shape index (κ3) is 4.73. The number of carbonyl (C=O) groups is 2. The summed E-state index contributed by atoms with van der Waals surface area (Å²) in [5, 5.41) is 0. The van der Waals surface area contributed by atoms with E-state index in [1.165, 1.54) is 25.5 Å². The topological polar surface area (TPSA) is 68.7 Å². The molecule has 4 rings (SSSR count). The van der Waals surface area contributed by atoms with Crippen LogP contribution in [0.3, 0.4) is 0 Å². The third-order valence-electron chi connectivity index (χ3n) is 5.87. The summed E-state index contributed by atoms with van der Waals surface area (Å²) in [6, 6.07) is 10.1. The highest BCUT2D eigenvalue weighted by molar-refractivity contribution is 5.92. The van der Waals surface area contributed by atoms with E-state index in [0.29, 0.717) is 24.6 Å². The highest BCUT2D eigenvalue weighted by atomic mass is 16.6. The molecule has 2 aromatic rings. The summed E-state index contributed by atoms with van der Waals surface area (Å²) in [7, 11) is 1.39. The Morgan fingerprint density at radius 1 is 1.06 bits per heavy atom. The van der Waals surface area contributed by atoms with Gasteiger partial charge in [-0.3, -0.25) is 4.98 Å². The lowest BCUT2D eigenvalue weighted by Gasteiger charge is -2.24. The Bertz CT molecular complexity index is 991. The number of esters is 1. The average Bonchev–Trinajstić information content (AvgIpc) is 3.47. The van der Waals surface area contributed by atoms with Gasteiger partial charge in [0, 0.05) is 30.8 Å². The number of hydrogen-bond donors (Lipinski definition) is 0. The standard InChI is InChI=1S/C25H30N2O4/c1-25(2,3)31-24(29)27-12-11-17(15-27)21-14-26-22(13-20(21)23(28)30-4)19-8-6-5-7-18(19)16-9-10-16/h5-8,13-14,16-17H,9-12,15H2,1-4H3. The summed E-state index contributed by atoms with van der Waals surface area (Å²) < 4.78 is 10.6. The van der Waals surface area contributed by atoms with Gasteiger partial charge in [0.2, 0.25) is 0 Å². The number of benzene rings is 1. The lowest BCUT2D eigenvalue weighted by molar-refractivity contribution is 0.0292. The van der Waals surface area contributed by atoms with Gasteiger partial charge < -0.3 is 14.4 Å². The average molecular weight is 423 g/mol. The van der Waals surface area contributed by atoms with Crippen LogP contribution in [0, 0.1) is 0 Å². The van der Waals surface area contributed by atoms with Gasteiger partial charge in [-0.15, -0.1) is 0 Å². The molecule has 164 valence electrons. The van der Waals surface area contributed by atoms with Crippen LogP contribution < -0.4 is 0 Å². The minimum absolute atomic E-state index is 0.0156. The predicted molar refractivity (Wildman–Crippen MR) is 118 cm³/mol. The molecule has 31 heavy (non-hydrogen) atoms. The first-order valence-electron chi connectivity index (χ1n) is 10.9. The van der Waals surface area contributed by atoms with Crippen molar-refractivity contribution in [3.63, 3.8) is 0 Å². The minimum Gasteiger partial charge on any atom is -0.465 e. The zero-order chi connectivity index (χ0) is 22.2. The molecule has 1 unspecified atom stereocenters. The van der Waals surface area contributed by atoms with Crippen molar-refractivity contribution in [2.24, 2.45) is 0 Å². The number of amides is 1. The van der Waals surface area contributed by atoms with Crippen LogP contribution in [0.25, 0.3) is 11.3 Å². The monoisotopic (exact) mass is 422 g/mol. The van der Waals surface area contributed by atoms with Gasteiger partial charge in [0.1, 0.15) is 5.60 Å². The number of methoxy groups -OCH3 is 1. The van der Waals surface area contributed by atoms with Crippen molar-refractivity contribution in [1.29, 1.82) is 0 Å². The predicted octanol–water partition coefficient (Wildman–Crippen LogP) is 5.14. The van der Waals surface area contributed by atoms with Crippen molar-refractivity contribution < 1.29 is 19.1 Å². The molecule has 1 atom stereocenters. The number of aromatic nitrogens is 1. The molecular formula is C25H30N2O4. The molecule has 1 amide bonds. The fourth-order valence-electron chi connectivity index (χ4n) is 4.21. The highest BCUT2D eigenvalue weighted by Gasteiger charge is 2.33. The van der Waals surface area contributed by atoms with E-state index in [0.717, 1.165) is 23.2 Å². The molecule has 1 aromatic carbocycles. The Balaban J connectivity index is 1.62. The maximum absolute atomic E-state index is 12.7. The van der Waals surface area contributed by atoms with Crippen molar-refractivity contribution in [3.8, 4) is 11.3 Å². The van der Waals surface area contributed by atoms with Gasteiger partial charge in [-0.05, 0) is 63.1 Å². The molecule has 6 heteroatoms. The zero-order valence-electron chi connectivity index (χ0n) is 18.7. The Morgan fingerprint density at radius 3 is 2.48 bits per heavy atom. The van der Waals surface area contributed by atoms with Gasteiger partial charge in [0.15, 0.2) is 0 Å². The van der Waals surface area contributed by atoms with E-state index >= 15 is 0 Å². The molecule has 6 nitrogen and oxygen atoms in total.